The standard InChI is InChI=1S/C25H37F2N5O3.C4H4O4/c1-16(2)15-31(19-12-18(17(3)33)13-28-14-19)25(34)24-22(9-5-6-11-35-4)32(30-29-24)21-10-7-8-20(26)23(21)27;5-3(6)1-2-4(7)8/h7-8,10,16-19,28,33H,5-6,9,11-15H2,1-4H3;1-2H,(H,5,6)(H,7,8)/b;2-1+/t17?,18-,19+;/m1./s1. The van der Waals surface area contributed by atoms with E-state index in [4.69, 9.17) is 14.9 Å². The van der Waals surface area contributed by atoms with E-state index in [1.807, 2.05) is 13.8 Å². The number of carbonyl (C=O) groups is 3. The first kappa shape index (κ1) is 35.4. The first-order valence-corrected chi connectivity index (χ1v) is 14.1. The number of hydrogen-bond donors (Lipinski definition) is 4. The van der Waals surface area contributed by atoms with Crippen LogP contribution < -0.4 is 5.32 Å². The molecule has 3 rings (SSSR count). The van der Waals surface area contributed by atoms with Crippen LogP contribution in [0.15, 0.2) is 30.4 Å². The van der Waals surface area contributed by atoms with Crippen molar-refractivity contribution in [2.45, 2.75) is 58.6 Å². The monoisotopic (exact) mass is 609 g/mol. The fourth-order valence-corrected chi connectivity index (χ4v) is 4.71. The SMILES string of the molecule is COCCCCc1c(C(=O)N(CC(C)C)[C@@H]2CNC[C@H](C(C)O)C2)nnn1-c1cccc(F)c1F.O=C(O)/C=C/C(=O)O. The summed E-state index contributed by atoms with van der Waals surface area (Å²) in [7, 11) is 1.62. The molecular weight excluding hydrogens is 568 g/mol. The lowest BCUT2D eigenvalue weighted by atomic mass is 9.90. The van der Waals surface area contributed by atoms with Crippen LogP contribution >= 0.6 is 0 Å². The molecule has 43 heavy (non-hydrogen) atoms. The molecule has 1 aliphatic heterocycles. The largest absolute Gasteiger partial charge is 0.478 e. The molecule has 1 fully saturated rings. The molecule has 1 unspecified atom stereocenters. The highest BCUT2D eigenvalue weighted by molar-refractivity contribution is 5.93. The molecule has 0 bridgehead atoms. The minimum atomic E-state index is -1.26. The number of aromatic nitrogens is 3. The number of hydrogen-bond acceptors (Lipinski definition) is 8. The minimum absolute atomic E-state index is 0.0294. The number of ether oxygens (including phenoxy) is 1. The lowest BCUT2D eigenvalue weighted by Crippen LogP contribution is -2.54. The molecule has 1 saturated heterocycles. The number of nitrogens with zero attached hydrogens (tertiary/aromatic N) is 4. The molecule has 0 saturated carbocycles. The van der Waals surface area contributed by atoms with Crippen LogP contribution in [0, 0.1) is 23.5 Å². The molecule has 0 spiro atoms. The minimum Gasteiger partial charge on any atom is -0.478 e. The van der Waals surface area contributed by atoms with Crippen LogP contribution in [-0.4, -0.2) is 98.6 Å². The van der Waals surface area contributed by atoms with Crippen molar-refractivity contribution in [1.82, 2.24) is 25.2 Å². The molecule has 12 nitrogen and oxygen atoms in total. The molecule has 3 atom stereocenters. The van der Waals surface area contributed by atoms with Crippen molar-refractivity contribution in [2.75, 3.05) is 33.4 Å². The van der Waals surface area contributed by atoms with Crippen LogP contribution in [0.2, 0.25) is 0 Å². The van der Waals surface area contributed by atoms with Gasteiger partial charge in [-0.1, -0.05) is 25.1 Å². The molecule has 1 aromatic carbocycles. The Balaban J connectivity index is 0.000000708. The number of amides is 1. The van der Waals surface area contributed by atoms with Gasteiger partial charge >= 0.3 is 11.9 Å². The Hall–Kier alpha value is -3.75. The van der Waals surface area contributed by atoms with Gasteiger partial charge in [-0.05, 0) is 56.6 Å². The number of carboxylic acid groups (broad SMARTS) is 2. The summed E-state index contributed by atoms with van der Waals surface area (Å²) in [6.07, 6.45) is 3.09. The second-order valence-electron chi connectivity index (χ2n) is 10.7. The fourth-order valence-electron chi connectivity index (χ4n) is 4.71. The van der Waals surface area contributed by atoms with Gasteiger partial charge in [-0.3, -0.25) is 4.79 Å². The zero-order chi connectivity index (χ0) is 32.1. The van der Waals surface area contributed by atoms with Gasteiger partial charge in [0.15, 0.2) is 17.3 Å². The quantitative estimate of drug-likeness (QED) is 0.196. The van der Waals surface area contributed by atoms with Crippen LogP contribution in [0.1, 0.15) is 56.2 Å². The Labute approximate surface area is 249 Å². The first-order chi connectivity index (χ1) is 20.4. The van der Waals surface area contributed by atoms with Gasteiger partial charge in [-0.2, -0.15) is 0 Å². The third kappa shape index (κ3) is 10.8. The van der Waals surface area contributed by atoms with Gasteiger partial charge in [0.25, 0.3) is 5.91 Å². The summed E-state index contributed by atoms with van der Waals surface area (Å²) in [6, 6.07) is 3.74. The van der Waals surface area contributed by atoms with E-state index in [9.17, 15) is 28.3 Å². The summed E-state index contributed by atoms with van der Waals surface area (Å²) in [5.74, 6) is -4.60. The predicted octanol–water partition coefficient (Wildman–Crippen LogP) is 2.68. The van der Waals surface area contributed by atoms with Crippen LogP contribution in [0.4, 0.5) is 8.78 Å². The molecule has 2 heterocycles. The molecular formula is C29H41F2N5O7. The maximum Gasteiger partial charge on any atom is 0.328 e. The first-order valence-electron chi connectivity index (χ1n) is 14.1. The van der Waals surface area contributed by atoms with Crippen molar-refractivity contribution in [1.29, 1.82) is 0 Å². The summed E-state index contributed by atoms with van der Waals surface area (Å²) >= 11 is 0. The zero-order valence-corrected chi connectivity index (χ0v) is 24.9. The van der Waals surface area contributed by atoms with Crippen molar-refractivity contribution in [3.8, 4) is 5.69 Å². The Morgan fingerprint density at radius 1 is 1.14 bits per heavy atom. The number of nitrogens with one attached hydrogen (secondary N) is 1. The number of rotatable bonds is 13. The van der Waals surface area contributed by atoms with Crippen LogP contribution in [0.5, 0.6) is 0 Å². The number of carbonyl (C=O) groups excluding carboxylic acids is 1. The van der Waals surface area contributed by atoms with Gasteiger partial charge in [0.1, 0.15) is 5.69 Å². The number of halogens is 2. The molecule has 0 radical (unpaired) electrons. The molecule has 1 amide bonds. The molecule has 0 aliphatic carbocycles. The number of methoxy groups -OCH3 is 1. The van der Waals surface area contributed by atoms with E-state index < -0.39 is 29.7 Å². The Kier molecular flexibility index (Phi) is 14.3. The second kappa shape index (κ2) is 17.4. The molecule has 14 heteroatoms. The highest BCUT2D eigenvalue weighted by Crippen LogP contribution is 2.25. The Morgan fingerprint density at radius 2 is 1.81 bits per heavy atom. The van der Waals surface area contributed by atoms with Crippen molar-refractivity contribution < 1.29 is 43.2 Å². The van der Waals surface area contributed by atoms with Gasteiger partial charge < -0.3 is 30.3 Å². The van der Waals surface area contributed by atoms with Crippen molar-refractivity contribution in [2.24, 2.45) is 11.8 Å². The zero-order valence-electron chi connectivity index (χ0n) is 24.9. The van der Waals surface area contributed by atoms with E-state index in [1.165, 1.54) is 16.8 Å². The van der Waals surface area contributed by atoms with Gasteiger partial charge in [0.05, 0.1) is 11.8 Å². The van der Waals surface area contributed by atoms with Gasteiger partial charge in [-0.25, -0.2) is 23.1 Å². The van der Waals surface area contributed by atoms with E-state index in [-0.39, 0.29) is 35.2 Å². The molecule has 1 aromatic heterocycles. The Morgan fingerprint density at radius 3 is 2.40 bits per heavy atom. The number of benzene rings is 1. The summed E-state index contributed by atoms with van der Waals surface area (Å²) in [5, 5.41) is 37.3. The van der Waals surface area contributed by atoms with E-state index in [0.717, 1.165) is 12.5 Å². The van der Waals surface area contributed by atoms with Crippen LogP contribution in [0.3, 0.4) is 0 Å². The number of unbranched alkanes of at least 4 members (excludes halogenated alkanes) is 1. The van der Waals surface area contributed by atoms with E-state index in [1.54, 1.807) is 18.9 Å². The summed E-state index contributed by atoms with van der Waals surface area (Å²) in [6.45, 7) is 8.19. The lowest BCUT2D eigenvalue weighted by Gasteiger charge is -2.39. The topological polar surface area (TPSA) is 167 Å². The highest BCUT2D eigenvalue weighted by atomic mass is 19.2. The molecule has 238 valence electrons. The average Bonchev–Trinajstić information content (AvgIpc) is 3.37. The van der Waals surface area contributed by atoms with Gasteiger partial charge in [0, 0.05) is 51.5 Å². The number of aliphatic hydroxyl groups excluding tert-OH is 1. The van der Waals surface area contributed by atoms with Gasteiger partial charge in [0.2, 0.25) is 0 Å². The number of piperidine rings is 1. The summed E-state index contributed by atoms with van der Waals surface area (Å²) in [4.78, 5) is 34.8. The number of aliphatic carboxylic acids is 2. The summed E-state index contributed by atoms with van der Waals surface area (Å²) < 4.78 is 35.0. The van der Waals surface area contributed by atoms with Gasteiger partial charge in [-0.15, -0.1) is 5.10 Å². The van der Waals surface area contributed by atoms with E-state index in [0.29, 0.717) is 63.3 Å². The van der Waals surface area contributed by atoms with Crippen molar-refractivity contribution in [3.63, 3.8) is 0 Å². The molecule has 1 aliphatic rings. The van der Waals surface area contributed by atoms with Crippen molar-refractivity contribution in [3.05, 3.63) is 53.4 Å². The van der Waals surface area contributed by atoms with E-state index >= 15 is 0 Å². The fraction of sp³-hybridized carbons (Fsp3) is 0.552. The smallest absolute Gasteiger partial charge is 0.328 e. The normalized spacial score (nSPS) is 17.4. The molecule has 4 N–H and O–H groups in total. The Bertz CT molecular complexity index is 1240. The average molecular weight is 610 g/mol. The second-order valence-corrected chi connectivity index (χ2v) is 10.7. The predicted molar refractivity (Wildman–Crippen MR) is 153 cm³/mol. The lowest BCUT2D eigenvalue weighted by molar-refractivity contribution is -0.134. The third-order valence-electron chi connectivity index (χ3n) is 6.81. The van der Waals surface area contributed by atoms with E-state index in [2.05, 4.69) is 15.6 Å². The maximum absolute atomic E-state index is 14.6. The maximum atomic E-state index is 14.6. The van der Waals surface area contributed by atoms with Crippen LogP contribution in [-0.2, 0) is 20.7 Å². The van der Waals surface area contributed by atoms with Crippen molar-refractivity contribution >= 4 is 17.8 Å². The third-order valence-corrected chi connectivity index (χ3v) is 6.81. The highest BCUT2D eigenvalue weighted by Gasteiger charge is 2.35. The molecule has 2 aromatic rings. The summed E-state index contributed by atoms with van der Waals surface area (Å²) in [5.41, 5.74) is 0.508. The van der Waals surface area contributed by atoms with Crippen LogP contribution in [0.25, 0.3) is 5.69 Å². The number of aliphatic hydroxyl groups is 1. The number of carboxylic acids is 2.